The summed E-state index contributed by atoms with van der Waals surface area (Å²) in [6.45, 7) is 6.71. The largest absolute Gasteiger partial charge is 0.468 e. The third kappa shape index (κ3) is 7.51. The number of nitrogens with one attached hydrogen (secondary N) is 3. The number of amides is 1. The quantitative estimate of drug-likeness (QED) is 0.303. The number of likely N-dealkylation sites (N-methyl/N-ethyl adjacent to an activating group) is 1. The zero-order valence-corrected chi connectivity index (χ0v) is 19.5. The first-order valence-corrected chi connectivity index (χ1v) is 11.6. The van der Waals surface area contributed by atoms with Gasteiger partial charge in [-0.3, -0.25) is 33.6 Å². The Morgan fingerprint density at radius 2 is 2.06 bits per heavy atom. The van der Waals surface area contributed by atoms with Gasteiger partial charge in [0.2, 0.25) is 5.91 Å². The molecule has 3 N–H and O–H groups in total. The molecule has 2 aliphatic rings. The minimum Gasteiger partial charge on any atom is -0.468 e. The van der Waals surface area contributed by atoms with Crippen LogP contribution in [0.1, 0.15) is 27.2 Å². The van der Waals surface area contributed by atoms with E-state index < -0.39 is 43.2 Å². The lowest BCUT2D eigenvalue weighted by molar-refractivity contribution is -0.144. The Bertz CT molecular complexity index is 719. The molecule has 2 unspecified atom stereocenters. The first-order valence-electron chi connectivity index (χ1n) is 10.1. The van der Waals surface area contributed by atoms with Crippen LogP contribution in [-0.2, 0) is 37.5 Å². The molecule has 4 atom stereocenters. The van der Waals surface area contributed by atoms with Crippen molar-refractivity contribution in [2.24, 2.45) is 5.41 Å². The second kappa shape index (κ2) is 10.8. The summed E-state index contributed by atoms with van der Waals surface area (Å²) in [6, 6.07) is -0.862. The number of hydrogen-bond donors (Lipinski definition) is 3. The van der Waals surface area contributed by atoms with E-state index >= 15 is 0 Å². The molecule has 0 aromatic heterocycles. The lowest BCUT2D eigenvalue weighted by Crippen LogP contribution is -2.51. The molecular formula is C18H33N4O8P. The Kier molecular flexibility index (Phi) is 8.99. The van der Waals surface area contributed by atoms with Gasteiger partial charge in [-0.25, -0.2) is 9.65 Å². The minimum absolute atomic E-state index is 0.00671. The number of carbonyl (C=O) groups is 3. The smallest absolute Gasteiger partial charge is 0.407 e. The third-order valence-corrected chi connectivity index (χ3v) is 6.62. The predicted molar refractivity (Wildman–Crippen MR) is 110 cm³/mol. The lowest BCUT2D eigenvalue weighted by atomic mass is 9.87. The zero-order valence-electron chi connectivity index (χ0n) is 18.6. The van der Waals surface area contributed by atoms with E-state index in [0.29, 0.717) is 0 Å². The van der Waals surface area contributed by atoms with Gasteiger partial charge in [-0.05, 0) is 14.0 Å². The van der Waals surface area contributed by atoms with Crippen LogP contribution in [0, 0.1) is 5.41 Å². The van der Waals surface area contributed by atoms with Gasteiger partial charge in [0, 0.05) is 25.2 Å². The van der Waals surface area contributed by atoms with Crippen molar-refractivity contribution >= 4 is 25.6 Å². The maximum Gasteiger partial charge on any atom is 0.407 e. The topological polar surface area (TPSA) is 145 Å². The highest BCUT2D eigenvalue weighted by Gasteiger charge is 2.48. The molecule has 0 aromatic rings. The van der Waals surface area contributed by atoms with Crippen molar-refractivity contribution in [2.75, 3.05) is 47.1 Å². The van der Waals surface area contributed by atoms with Gasteiger partial charge in [0.25, 0.3) is 0 Å². The molecule has 0 radical (unpaired) electrons. The standard InChI is InChI=1S/C18H33N4O8P/c1-12(17(25)27-5)21-31(26)29-10-18(2,3)15(30-31)16(24)19-7-6-14(23)28-9-13-8-22(4)11-20-13/h12-13,15,20H,6-11H2,1-5H3,(H,19,24)(H,21,26)/t12-,13?,15-,31?/m0/s1. The average Bonchev–Trinajstić information content (AvgIpc) is 3.13. The summed E-state index contributed by atoms with van der Waals surface area (Å²) >= 11 is 0. The van der Waals surface area contributed by atoms with E-state index in [1.165, 1.54) is 14.0 Å². The van der Waals surface area contributed by atoms with Gasteiger partial charge in [-0.15, -0.1) is 0 Å². The van der Waals surface area contributed by atoms with Crippen LogP contribution in [0.2, 0.25) is 0 Å². The summed E-state index contributed by atoms with van der Waals surface area (Å²) in [6.07, 6.45) is -1.12. The number of carbonyl (C=O) groups excluding carboxylic acids is 3. The van der Waals surface area contributed by atoms with E-state index in [4.69, 9.17) is 13.8 Å². The van der Waals surface area contributed by atoms with Crippen molar-refractivity contribution in [2.45, 2.75) is 45.4 Å². The van der Waals surface area contributed by atoms with E-state index in [1.54, 1.807) is 13.8 Å². The number of hydrogen-bond acceptors (Lipinski definition) is 10. The first-order chi connectivity index (χ1) is 14.5. The van der Waals surface area contributed by atoms with Crippen LogP contribution < -0.4 is 15.7 Å². The van der Waals surface area contributed by atoms with Crippen molar-refractivity contribution in [3.63, 3.8) is 0 Å². The lowest BCUT2D eigenvalue weighted by Gasteiger charge is -2.40. The molecule has 0 saturated carbocycles. The molecule has 1 amide bonds. The van der Waals surface area contributed by atoms with Crippen molar-refractivity contribution in [3.8, 4) is 0 Å². The van der Waals surface area contributed by atoms with E-state index in [0.717, 1.165) is 13.2 Å². The van der Waals surface area contributed by atoms with E-state index in [-0.39, 0.29) is 32.2 Å². The zero-order chi connectivity index (χ0) is 23.2. The van der Waals surface area contributed by atoms with Crippen LogP contribution >= 0.6 is 7.75 Å². The van der Waals surface area contributed by atoms with Gasteiger partial charge < -0.3 is 14.8 Å². The molecule has 2 rings (SSSR count). The highest BCUT2D eigenvalue weighted by Crippen LogP contribution is 2.53. The van der Waals surface area contributed by atoms with Gasteiger partial charge in [-0.2, -0.15) is 0 Å². The number of esters is 2. The van der Waals surface area contributed by atoms with Crippen molar-refractivity contribution in [3.05, 3.63) is 0 Å². The second-order valence-corrected chi connectivity index (χ2v) is 10.2. The van der Waals surface area contributed by atoms with Crippen LogP contribution in [0.15, 0.2) is 0 Å². The average molecular weight is 464 g/mol. The van der Waals surface area contributed by atoms with E-state index in [9.17, 15) is 18.9 Å². The summed E-state index contributed by atoms with van der Waals surface area (Å²) in [5.74, 6) is -1.61. The van der Waals surface area contributed by atoms with Gasteiger partial charge >= 0.3 is 19.7 Å². The van der Waals surface area contributed by atoms with Crippen LogP contribution in [0.25, 0.3) is 0 Å². The third-order valence-electron chi connectivity index (χ3n) is 4.96. The van der Waals surface area contributed by atoms with E-state index in [1.807, 2.05) is 7.05 Å². The molecule has 178 valence electrons. The fourth-order valence-electron chi connectivity index (χ4n) is 3.12. The Hall–Kier alpha value is -1.56. The van der Waals surface area contributed by atoms with Crippen molar-refractivity contribution < 1.29 is 37.5 Å². The Morgan fingerprint density at radius 1 is 1.35 bits per heavy atom. The van der Waals surface area contributed by atoms with Crippen molar-refractivity contribution in [1.29, 1.82) is 0 Å². The Morgan fingerprint density at radius 3 is 2.68 bits per heavy atom. The van der Waals surface area contributed by atoms with Crippen molar-refractivity contribution in [1.82, 2.24) is 20.6 Å². The summed E-state index contributed by atoms with van der Waals surface area (Å²) < 4.78 is 33.4. The molecule has 0 aliphatic carbocycles. The molecule has 31 heavy (non-hydrogen) atoms. The number of methoxy groups -OCH3 is 1. The molecular weight excluding hydrogens is 431 g/mol. The molecule has 2 saturated heterocycles. The Balaban J connectivity index is 1.82. The number of rotatable bonds is 9. The molecule has 13 heteroatoms. The molecule has 0 bridgehead atoms. The maximum atomic E-state index is 12.9. The van der Waals surface area contributed by atoms with Gasteiger partial charge in [0.05, 0.1) is 26.2 Å². The normalized spacial score (nSPS) is 29.2. The maximum absolute atomic E-state index is 12.9. The fraction of sp³-hybridized carbons (Fsp3) is 0.833. The number of ether oxygens (including phenoxy) is 2. The Labute approximate surface area is 182 Å². The molecule has 2 heterocycles. The molecule has 2 fully saturated rings. The van der Waals surface area contributed by atoms with Crippen LogP contribution in [-0.4, -0.2) is 88.1 Å². The highest BCUT2D eigenvalue weighted by molar-refractivity contribution is 7.51. The van der Waals surface area contributed by atoms with E-state index in [2.05, 4.69) is 25.4 Å². The summed E-state index contributed by atoms with van der Waals surface area (Å²) in [5.41, 5.74) is -0.783. The fourth-order valence-corrected chi connectivity index (χ4v) is 5.06. The van der Waals surface area contributed by atoms with Gasteiger partial charge in [0.1, 0.15) is 12.6 Å². The summed E-state index contributed by atoms with van der Waals surface area (Å²) in [5, 5.41) is 8.29. The molecule has 0 aromatic carbocycles. The predicted octanol–water partition coefficient (Wildman–Crippen LogP) is -0.402. The molecule has 12 nitrogen and oxygen atoms in total. The highest BCUT2D eigenvalue weighted by atomic mass is 31.2. The van der Waals surface area contributed by atoms with Crippen LogP contribution in [0.5, 0.6) is 0 Å². The monoisotopic (exact) mass is 464 g/mol. The SMILES string of the molecule is COC(=O)[C@H](C)NP1(=O)OCC(C)(C)[C@H](C(=O)NCCC(=O)OCC2CN(C)CN2)O1. The first kappa shape index (κ1) is 25.7. The minimum atomic E-state index is -3.92. The summed E-state index contributed by atoms with van der Waals surface area (Å²) in [7, 11) is -0.753. The van der Waals surface area contributed by atoms with Crippen LogP contribution in [0.3, 0.4) is 0 Å². The van der Waals surface area contributed by atoms with Gasteiger partial charge in [-0.1, -0.05) is 13.8 Å². The summed E-state index contributed by atoms with van der Waals surface area (Å²) in [4.78, 5) is 38.2. The van der Waals surface area contributed by atoms with Crippen LogP contribution in [0.4, 0.5) is 0 Å². The molecule has 0 spiro atoms. The molecule has 2 aliphatic heterocycles. The second-order valence-electron chi connectivity index (χ2n) is 8.44. The number of nitrogens with zero attached hydrogens (tertiary/aromatic N) is 1. The van der Waals surface area contributed by atoms with Gasteiger partial charge in [0.15, 0.2) is 6.10 Å².